The molecular weight excluding hydrogens is 378 g/mol. The average Bonchev–Trinajstić information content (AvgIpc) is 3.08. The van der Waals surface area contributed by atoms with E-state index in [1.165, 1.54) is 0 Å². The van der Waals surface area contributed by atoms with Crippen molar-refractivity contribution in [3.8, 4) is 5.75 Å². The normalized spacial score (nSPS) is 11.4. The molecule has 2 aromatic carbocycles. The van der Waals surface area contributed by atoms with Crippen LogP contribution in [0.5, 0.6) is 5.75 Å². The van der Waals surface area contributed by atoms with Crippen LogP contribution < -0.4 is 14.8 Å². The van der Waals surface area contributed by atoms with Crippen molar-refractivity contribution in [3.05, 3.63) is 53.7 Å². The second-order valence-corrected chi connectivity index (χ2v) is 8.37. The lowest BCUT2D eigenvalue weighted by Gasteiger charge is -2.11. The summed E-state index contributed by atoms with van der Waals surface area (Å²) in [6.45, 7) is 5.84. The molecule has 1 heterocycles. The zero-order chi connectivity index (χ0) is 20.3. The van der Waals surface area contributed by atoms with Gasteiger partial charge in [-0.25, -0.2) is 8.42 Å². The maximum atomic E-state index is 12.6. The van der Waals surface area contributed by atoms with Crippen LogP contribution in [0.3, 0.4) is 0 Å². The number of aryl methyl sites for hydroxylation is 1. The summed E-state index contributed by atoms with van der Waals surface area (Å²) in [4.78, 5) is 15.7. The van der Waals surface area contributed by atoms with Gasteiger partial charge in [-0.15, -0.1) is 0 Å². The topological polar surface area (TPSA) is 100 Å². The minimum absolute atomic E-state index is 0.00365. The first-order valence-electron chi connectivity index (χ1n) is 8.99. The van der Waals surface area contributed by atoms with E-state index in [9.17, 15) is 13.2 Å². The van der Waals surface area contributed by atoms with Crippen LogP contribution in [-0.2, 0) is 10.0 Å². The lowest BCUT2D eigenvalue weighted by Crippen LogP contribution is -2.16. The second-order valence-electron chi connectivity index (χ2n) is 6.35. The third-order valence-electron chi connectivity index (χ3n) is 4.28. The number of aromatic amines is 1. The van der Waals surface area contributed by atoms with Crippen molar-refractivity contribution in [1.29, 1.82) is 0 Å². The molecule has 0 aliphatic carbocycles. The molecule has 0 radical (unpaired) electrons. The summed E-state index contributed by atoms with van der Waals surface area (Å²) in [5.74, 6) is 0.455. The van der Waals surface area contributed by atoms with Gasteiger partial charge in [0, 0.05) is 22.7 Å². The molecule has 3 N–H and O–H groups in total. The molecule has 0 aliphatic heterocycles. The molecule has 3 rings (SSSR count). The number of anilines is 2. The van der Waals surface area contributed by atoms with Crippen molar-refractivity contribution >= 4 is 38.2 Å². The Labute approximate surface area is 164 Å². The van der Waals surface area contributed by atoms with Gasteiger partial charge in [0.25, 0.3) is 5.91 Å². The van der Waals surface area contributed by atoms with Crippen LogP contribution in [0, 0.1) is 6.92 Å². The zero-order valence-corrected chi connectivity index (χ0v) is 16.8. The van der Waals surface area contributed by atoms with Crippen LogP contribution in [0.1, 0.15) is 29.9 Å². The van der Waals surface area contributed by atoms with Crippen LogP contribution >= 0.6 is 0 Å². The number of aromatic nitrogens is 1. The van der Waals surface area contributed by atoms with E-state index in [1.807, 2.05) is 25.1 Å². The van der Waals surface area contributed by atoms with Crippen molar-refractivity contribution in [2.45, 2.75) is 20.8 Å². The maximum absolute atomic E-state index is 12.6. The SMILES string of the molecule is CCOc1ccc2cc(C(=O)Nc3ccc(NS(=O)(=O)CC)c(C)c3)[nH]c2c1. The third kappa shape index (κ3) is 4.45. The quantitative estimate of drug-likeness (QED) is 0.559. The van der Waals surface area contributed by atoms with E-state index >= 15 is 0 Å². The molecule has 0 saturated heterocycles. The number of ether oxygens (including phenoxy) is 1. The molecule has 8 heteroatoms. The largest absolute Gasteiger partial charge is 0.494 e. The summed E-state index contributed by atoms with van der Waals surface area (Å²) in [5, 5.41) is 3.74. The number of sulfonamides is 1. The fourth-order valence-electron chi connectivity index (χ4n) is 2.78. The summed E-state index contributed by atoms with van der Waals surface area (Å²) in [6, 6.07) is 12.4. The number of H-pyrrole nitrogens is 1. The molecule has 0 atom stereocenters. The summed E-state index contributed by atoms with van der Waals surface area (Å²) >= 11 is 0. The molecule has 1 amide bonds. The predicted octanol–water partition coefficient (Wildman–Crippen LogP) is 3.89. The lowest BCUT2D eigenvalue weighted by molar-refractivity contribution is 0.102. The van der Waals surface area contributed by atoms with E-state index in [4.69, 9.17) is 4.74 Å². The van der Waals surface area contributed by atoms with Crippen LogP contribution in [-0.4, -0.2) is 31.7 Å². The Hall–Kier alpha value is -3.00. The van der Waals surface area contributed by atoms with Crippen LogP contribution in [0.15, 0.2) is 42.5 Å². The molecule has 3 aromatic rings. The highest BCUT2D eigenvalue weighted by molar-refractivity contribution is 7.92. The van der Waals surface area contributed by atoms with Crippen LogP contribution in [0.4, 0.5) is 11.4 Å². The molecule has 1 aromatic heterocycles. The summed E-state index contributed by atoms with van der Waals surface area (Å²) in [5.41, 5.74) is 3.03. The molecular formula is C20H23N3O4S. The van der Waals surface area contributed by atoms with Gasteiger partial charge in [-0.05, 0) is 62.7 Å². The van der Waals surface area contributed by atoms with Crippen molar-refractivity contribution < 1.29 is 17.9 Å². The molecule has 0 bridgehead atoms. The average molecular weight is 401 g/mol. The molecule has 0 spiro atoms. The van der Waals surface area contributed by atoms with Crippen molar-refractivity contribution in [3.63, 3.8) is 0 Å². The lowest BCUT2D eigenvalue weighted by atomic mass is 10.2. The Bertz CT molecular complexity index is 1120. The Kier molecular flexibility index (Phi) is 5.60. The number of carbonyl (C=O) groups is 1. The molecule has 148 valence electrons. The first-order chi connectivity index (χ1) is 13.3. The van der Waals surface area contributed by atoms with E-state index in [2.05, 4.69) is 15.0 Å². The highest BCUT2D eigenvalue weighted by Crippen LogP contribution is 2.24. The maximum Gasteiger partial charge on any atom is 0.272 e. The highest BCUT2D eigenvalue weighted by Gasteiger charge is 2.13. The number of fused-ring (bicyclic) bond motifs is 1. The van der Waals surface area contributed by atoms with Gasteiger partial charge in [-0.2, -0.15) is 0 Å². The second kappa shape index (κ2) is 7.93. The van der Waals surface area contributed by atoms with E-state index in [0.717, 1.165) is 16.7 Å². The third-order valence-corrected chi connectivity index (χ3v) is 5.57. The van der Waals surface area contributed by atoms with Crippen molar-refractivity contribution in [2.24, 2.45) is 0 Å². The predicted molar refractivity (Wildman–Crippen MR) is 112 cm³/mol. The molecule has 0 fully saturated rings. The number of amides is 1. The Balaban J connectivity index is 1.77. The van der Waals surface area contributed by atoms with Gasteiger partial charge in [-0.3, -0.25) is 9.52 Å². The first kappa shape index (κ1) is 19.8. The van der Waals surface area contributed by atoms with Gasteiger partial charge >= 0.3 is 0 Å². The number of benzene rings is 2. The smallest absolute Gasteiger partial charge is 0.272 e. The monoisotopic (exact) mass is 401 g/mol. The van der Waals surface area contributed by atoms with Gasteiger partial charge in [-0.1, -0.05) is 0 Å². The minimum atomic E-state index is -3.35. The minimum Gasteiger partial charge on any atom is -0.494 e. The van der Waals surface area contributed by atoms with E-state index < -0.39 is 10.0 Å². The van der Waals surface area contributed by atoms with Crippen LogP contribution in [0.25, 0.3) is 10.9 Å². The molecule has 28 heavy (non-hydrogen) atoms. The van der Waals surface area contributed by atoms with E-state index in [-0.39, 0.29) is 11.7 Å². The standard InChI is InChI=1S/C20H23N3O4S/c1-4-27-16-8-6-14-11-19(22-18(14)12-16)20(24)21-15-7-9-17(13(3)10-15)23-28(25,26)5-2/h6-12,22-23H,4-5H2,1-3H3,(H,21,24). The van der Waals surface area contributed by atoms with Gasteiger partial charge in [0.1, 0.15) is 11.4 Å². The molecule has 7 nitrogen and oxygen atoms in total. The van der Waals surface area contributed by atoms with Crippen molar-refractivity contribution in [2.75, 3.05) is 22.4 Å². The van der Waals surface area contributed by atoms with E-state index in [0.29, 0.717) is 29.2 Å². The number of hydrogen-bond donors (Lipinski definition) is 3. The molecule has 0 aliphatic rings. The fraction of sp³-hybridized carbons (Fsp3) is 0.250. The van der Waals surface area contributed by atoms with Crippen molar-refractivity contribution in [1.82, 2.24) is 4.98 Å². The zero-order valence-electron chi connectivity index (χ0n) is 16.0. The highest BCUT2D eigenvalue weighted by atomic mass is 32.2. The number of rotatable bonds is 7. The number of carbonyl (C=O) groups excluding carboxylic acids is 1. The first-order valence-corrected chi connectivity index (χ1v) is 10.6. The van der Waals surface area contributed by atoms with Gasteiger partial charge in [0.05, 0.1) is 18.0 Å². The van der Waals surface area contributed by atoms with Gasteiger partial charge in [0.2, 0.25) is 10.0 Å². The summed E-state index contributed by atoms with van der Waals surface area (Å²) < 4.78 is 31.5. The number of hydrogen-bond acceptors (Lipinski definition) is 4. The molecule has 0 unspecified atom stereocenters. The van der Waals surface area contributed by atoms with Crippen LogP contribution in [0.2, 0.25) is 0 Å². The Morgan fingerprint density at radius 1 is 1.11 bits per heavy atom. The van der Waals surface area contributed by atoms with Gasteiger partial charge < -0.3 is 15.0 Å². The number of nitrogens with one attached hydrogen (secondary N) is 3. The summed E-state index contributed by atoms with van der Waals surface area (Å²) in [7, 11) is -3.35. The molecule has 0 saturated carbocycles. The fourth-order valence-corrected chi connectivity index (χ4v) is 3.49. The van der Waals surface area contributed by atoms with E-state index in [1.54, 1.807) is 38.1 Å². The Morgan fingerprint density at radius 2 is 1.89 bits per heavy atom. The summed E-state index contributed by atoms with van der Waals surface area (Å²) in [6.07, 6.45) is 0. The Morgan fingerprint density at radius 3 is 2.57 bits per heavy atom. The van der Waals surface area contributed by atoms with Gasteiger partial charge in [0.15, 0.2) is 0 Å².